The van der Waals surface area contributed by atoms with Gasteiger partial charge in [-0.25, -0.2) is 0 Å². The largest absolute Gasteiger partial charge is 0.390 e. The Morgan fingerprint density at radius 2 is 2.20 bits per heavy atom. The van der Waals surface area contributed by atoms with E-state index in [1.54, 1.807) is 11.8 Å². The van der Waals surface area contributed by atoms with Crippen LogP contribution in [-0.2, 0) is 6.42 Å². The number of nitrogens with one attached hydrogen (secondary N) is 1. The van der Waals surface area contributed by atoms with E-state index in [1.807, 2.05) is 42.0 Å². The summed E-state index contributed by atoms with van der Waals surface area (Å²) in [6, 6.07) is 9.51. The normalized spacial score (nSPS) is 20.7. The van der Waals surface area contributed by atoms with E-state index in [1.165, 1.54) is 11.3 Å². The number of rotatable bonds is 3. The topological polar surface area (TPSA) is 49.3 Å². The molecule has 5 heteroatoms. The monoisotopic (exact) mass is 305 g/mol. The van der Waals surface area contributed by atoms with E-state index in [0.717, 1.165) is 16.0 Å². The molecule has 0 unspecified atom stereocenters. The van der Waals surface area contributed by atoms with Crippen molar-refractivity contribution in [2.75, 3.05) is 6.26 Å². The van der Waals surface area contributed by atoms with E-state index in [-0.39, 0.29) is 11.9 Å². The van der Waals surface area contributed by atoms with Crippen molar-refractivity contribution in [1.82, 2.24) is 5.32 Å². The summed E-state index contributed by atoms with van der Waals surface area (Å²) < 4.78 is 0. The summed E-state index contributed by atoms with van der Waals surface area (Å²) in [6.07, 6.45) is 2.01. The van der Waals surface area contributed by atoms with Gasteiger partial charge in [0.25, 0.3) is 5.91 Å². The zero-order chi connectivity index (χ0) is 14.1. The molecule has 0 saturated heterocycles. The number of carbonyl (C=O) groups is 1. The Labute approximate surface area is 126 Å². The van der Waals surface area contributed by atoms with Crippen molar-refractivity contribution >= 4 is 29.0 Å². The molecule has 1 aromatic carbocycles. The smallest absolute Gasteiger partial charge is 0.263 e. The highest BCUT2D eigenvalue weighted by molar-refractivity contribution is 7.98. The number of hydrogen-bond acceptors (Lipinski definition) is 4. The molecule has 2 atom stereocenters. The van der Waals surface area contributed by atoms with Gasteiger partial charge in [-0.05, 0) is 28.8 Å². The summed E-state index contributed by atoms with van der Waals surface area (Å²) in [4.78, 5) is 14.1. The number of thioether (sulfide) groups is 1. The van der Waals surface area contributed by atoms with Gasteiger partial charge in [-0.3, -0.25) is 4.79 Å². The van der Waals surface area contributed by atoms with Crippen LogP contribution in [-0.4, -0.2) is 23.4 Å². The first-order valence-corrected chi connectivity index (χ1v) is 8.49. The van der Waals surface area contributed by atoms with Crippen LogP contribution in [0.2, 0.25) is 0 Å². The van der Waals surface area contributed by atoms with Crippen LogP contribution in [0.4, 0.5) is 0 Å². The molecule has 20 heavy (non-hydrogen) atoms. The molecule has 0 aliphatic heterocycles. The molecule has 3 rings (SSSR count). The minimum absolute atomic E-state index is 0.106. The molecule has 2 N–H and O–H groups in total. The molecule has 0 fully saturated rings. The van der Waals surface area contributed by atoms with Gasteiger partial charge in [0.2, 0.25) is 0 Å². The quantitative estimate of drug-likeness (QED) is 0.857. The summed E-state index contributed by atoms with van der Waals surface area (Å²) in [5.41, 5.74) is 2.14. The van der Waals surface area contributed by atoms with Gasteiger partial charge >= 0.3 is 0 Å². The highest BCUT2D eigenvalue weighted by atomic mass is 32.2. The Morgan fingerprint density at radius 3 is 3.00 bits per heavy atom. The summed E-state index contributed by atoms with van der Waals surface area (Å²) in [5.74, 6) is -0.106. The van der Waals surface area contributed by atoms with Crippen molar-refractivity contribution in [2.24, 2.45) is 0 Å². The van der Waals surface area contributed by atoms with Crippen molar-refractivity contribution in [3.05, 3.63) is 51.7 Å². The molecule has 104 valence electrons. The van der Waals surface area contributed by atoms with Crippen LogP contribution in [0.1, 0.15) is 26.8 Å². The van der Waals surface area contributed by atoms with E-state index in [0.29, 0.717) is 11.3 Å². The Kier molecular flexibility index (Phi) is 3.83. The van der Waals surface area contributed by atoms with Crippen LogP contribution in [0.5, 0.6) is 0 Å². The van der Waals surface area contributed by atoms with Gasteiger partial charge in [0.1, 0.15) is 4.88 Å². The van der Waals surface area contributed by atoms with Crippen molar-refractivity contribution in [3.63, 3.8) is 0 Å². The SMILES string of the molecule is CSc1ccsc1C(=O)N[C@@H]1c2ccccc2C[C@@H]1O. The van der Waals surface area contributed by atoms with E-state index < -0.39 is 6.10 Å². The minimum atomic E-state index is -0.547. The first kappa shape index (κ1) is 13.7. The Balaban J connectivity index is 1.83. The number of fused-ring (bicyclic) bond motifs is 1. The van der Waals surface area contributed by atoms with Gasteiger partial charge < -0.3 is 10.4 Å². The Bertz CT molecular complexity index is 638. The molecular formula is C15H15NO2S2. The number of thiophene rings is 1. The third kappa shape index (κ3) is 2.37. The lowest BCUT2D eigenvalue weighted by molar-refractivity contribution is 0.0859. The predicted molar refractivity (Wildman–Crippen MR) is 82.5 cm³/mol. The van der Waals surface area contributed by atoms with Gasteiger partial charge in [-0.2, -0.15) is 0 Å². The number of aliphatic hydroxyl groups is 1. The number of carbonyl (C=O) groups excluding carboxylic acids is 1. The summed E-state index contributed by atoms with van der Waals surface area (Å²) in [5, 5.41) is 15.1. The van der Waals surface area contributed by atoms with E-state index in [2.05, 4.69) is 5.32 Å². The zero-order valence-electron chi connectivity index (χ0n) is 11.0. The first-order valence-electron chi connectivity index (χ1n) is 6.39. The van der Waals surface area contributed by atoms with Gasteiger partial charge in [0.05, 0.1) is 12.1 Å². The number of amides is 1. The maximum atomic E-state index is 12.4. The van der Waals surface area contributed by atoms with Crippen LogP contribution in [0.15, 0.2) is 40.6 Å². The lowest BCUT2D eigenvalue weighted by Crippen LogP contribution is -2.33. The molecule has 1 aliphatic rings. The fraction of sp³-hybridized carbons (Fsp3) is 0.267. The second-order valence-corrected chi connectivity index (χ2v) is 6.50. The third-order valence-electron chi connectivity index (χ3n) is 3.55. The number of aliphatic hydroxyl groups excluding tert-OH is 1. The summed E-state index contributed by atoms with van der Waals surface area (Å²) in [7, 11) is 0. The standard InChI is InChI=1S/C15H15NO2S2/c1-19-12-6-7-20-14(12)15(18)16-13-10-5-3-2-4-9(10)8-11(13)17/h2-7,11,13,17H,8H2,1H3,(H,16,18)/t11-,13+/m0/s1. The lowest BCUT2D eigenvalue weighted by atomic mass is 10.1. The molecule has 1 aromatic heterocycles. The lowest BCUT2D eigenvalue weighted by Gasteiger charge is -2.17. The molecule has 1 heterocycles. The van der Waals surface area contributed by atoms with Crippen molar-refractivity contribution in [2.45, 2.75) is 23.5 Å². The van der Waals surface area contributed by atoms with E-state index in [9.17, 15) is 9.90 Å². The molecule has 0 saturated carbocycles. The first-order chi connectivity index (χ1) is 9.70. The van der Waals surface area contributed by atoms with Crippen LogP contribution in [0.3, 0.4) is 0 Å². The van der Waals surface area contributed by atoms with Crippen LogP contribution < -0.4 is 5.32 Å². The highest BCUT2D eigenvalue weighted by Crippen LogP contribution is 2.32. The zero-order valence-corrected chi connectivity index (χ0v) is 12.6. The van der Waals surface area contributed by atoms with Crippen molar-refractivity contribution < 1.29 is 9.90 Å². The Morgan fingerprint density at radius 1 is 1.40 bits per heavy atom. The summed E-state index contributed by atoms with van der Waals surface area (Å²) >= 11 is 3.00. The number of hydrogen-bond donors (Lipinski definition) is 2. The van der Waals surface area contributed by atoms with E-state index >= 15 is 0 Å². The van der Waals surface area contributed by atoms with Crippen LogP contribution in [0.25, 0.3) is 0 Å². The third-order valence-corrected chi connectivity index (χ3v) is 5.37. The van der Waals surface area contributed by atoms with Crippen LogP contribution in [0, 0.1) is 0 Å². The second kappa shape index (κ2) is 5.60. The molecule has 1 aliphatic carbocycles. The fourth-order valence-electron chi connectivity index (χ4n) is 2.58. The second-order valence-electron chi connectivity index (χ2n) is 4.74. The van der Waals surface area contributed by atoms with Crippen molar-refractivity contribution in [3.8, 4) is 0 Å². The van der Waals surface area contributed by atoms with Crippen molar-refractivity contribution in [1.29, 1.82) is 0 Å². The number of benzene rings is 1. The van der Waals surface area contributed by atoms with Gasteiger partial charge in [0.15, 0.2) is 0 Å². The minimum Gasteiger partial charge on any atom is -0.390 e. The highest BCUT2D eigenvalue weighted by Gasteiger charge is 2.32. The van der Waals surface area contributed by atoms with Gasteiger partial charge in [0, 0.05) is 11.3 Å². The molecule has 0 spiro atoms. The molecule has 3 nitrogen and oxygen atoms in total. The van der Waals surface area contributed by atoms with Crippen LogP contribution >= 0.6 is 23.1 Å². The average molecular weight is 305 g/mol. The van der Waals surface area contributed by atoms with Gasteiger partial charge in [-0.1, -0.05) is 24.3 Å². The molecule has 2 aromatic rings. The molecule has 1 amide bonds. The fourth-order valence-corrected chi connectivity index (χ4v) is 4.23. The summed E-state index contributed by atoms with van der Waals surface area (Å²) in [6.45, 7) is 0. The van der Waals surface area contributed by atoms with Gasteiger partial charge in [-0.15, -0.1) is 23.1 Å². The Hall–Kier alpha value is -1.30. The predicted octanol–water partition coefficient (Wildman–Crippen LogP) is 2.86. The maximum absolute atomic E-state index is 12.4. The average Bonchev–Trinajstić information content (AvgIpc) is 3.04. The molecule has 0 bridgehead atoms. The molecular weight excluding hydrogens is 290 g/mol. The van der Waals surface area contributed by atoms with E-state index in [4.69, 9.17) is 0 Å². The maximum Gasteiger partial charge on any atom is 0.263 e. The molecule has 0 radical (unpaired) electrons.